The minimum absolute atomic E-state index is 0.0459. The first-order valence-corrected chi connectivity index (χ1v) is 7.43. The van der Waals surface area contributed by atoms with Gasteiger partial charge < -0.3 is 10.4 Å². The number of piperazine rings is 1. The van der Waals surface area contributed by atoms with Crippen LogP contribution in [0.25, 0.3) is 0 Å². The second kappa shape index (κ2) is 7.68. The van der Waals surface area contributed by atoms with E-state index in [4.69, 9.17) is 5.11 Å². The fourth-order valence-electron chi connectivity index (χ4n) is 2.15. The molecule has 0 spiro atoms. The van der Waals surface area contributed by atoms with Crippen molar-refractivity contribution in [3.63, 3.8) is 0 Å². The minimum Gasteiger partial charge on any atom is -0.395 e. The van der Waals surface area contributed by atoms with Crippen LogP contribution in [0.2, 0.25) is 0 Å². The number of amides is 1. The molecule has 2 rings (SSSR count). The molecular weight excluding hydrogens is 324 g/mol. The second-order valence-electron chi connectivity index (χ2n) is 4.75. The van der Waals surface area contributed by atoms with Gasteiger partial charge in [-0.1, -0.05) is 0 Å². The summed E-state index contributed by atoms with van der Waals surface area (Å²) in [5.74, 6) is 0.521. The van der Waals surface area contributed by atoms with Gasteiger partial charge in [-0.05, 0) is 28.1 Å². The molecule has 1 aromatic heterocycles. The third-order valence-electron chi connectivity index (χ3n) is 3.24. The van der Waals surface area contributed by atoms with Crippen LogP contribution in [0.5, 0.6) is 0 Å². The van der Waals surface area contributed by atoms with E-state index in [0.29, 0.717) is 18.9 Å². The van der Waals surface area contributed by atoms with E-state index in [9.17, 15) is 4.79 Å². The molecule has 2 heterocycles. The van der Waals surface area contributed by atoms with Crippen LogP contribution >= 0.6 is 15.9 Å². The van der Waals surface area contributed by atoms with Crippen molar-refractivity contribution in [1.29, 1.82) is 0 Å². The molecule has 0 saturated carbocycles. The van der Waals surface area contributed by atoms with Gasteiger partial charge in [0.25, 0.3) is 0 Å². The number of hydrogen-bond acceptors (Lipinski definition) is 5. The fourth-order valence-corrected chi connectivity index (χ4v) is 2.38. The highest BCUT2D eigenvalue weighted by Gasteiger charge is 2.18. The van der Waals surface area contributed by atoms with Gasteiger partial charge in [0.1, 0.15) is 5.82 Å². The first-order chi connectivity index (χ1) is 9.67. The van der Waals surface area contributed by atoms with Crippen molar-refractivity contribution in [3.05, 3.63) is 22.8 Å². The van der Waals surface area contributed by atoms with Crippen LogP contribution < -0.4 is 5.32 Å². The third kappa shape index (κ3) is 4.82. The summed E-state index contributed by atoms with van der Waals surface area (Å²) in [7, 11) is 0. The summed E-state index contributed by atoms with van der Waals surface area (Å²) in [5, 5.41) is 11.7. The fraction of sp³-hybridized carbons (Fsp3) is 0.538. The molecule has 7 heteroatoms. The van der Waals surface area contributed by atoms with Gasteiger partial charge in [0, 0.05) is 43.4 Å². The van der Waals surface area contributed by atoms with Gasteiger partial charge in [-0.3, -0.25) is 14.6 Å². The lowest BCUT2D eigenvalue weighted by molar-refractivity contribution is -0.117. The smallest absolute Gasteiger partial charge is 0.239 e. The number of aromatic nitrogens is 1. The Morgan fingerprint density at radius 3 is 2.60 bits per heavy atom. The molecule has 1 aliphatic heterocycles. The molecule has 20 heavy (non-hydrogen) atoms. The lowest BCUT2D eigenvalue weighted by Gasteiger charge is -2.33. The van der Waals surface area contributed by atoms with Gasteiger partial charge in [0.15, 0.2) is 0 Å². The van der Waals surface area contributed by atoms with E-state index < -0.39 is 0 Å². The number of aliphatic hydroxyl groups excluding tert-OH is 1. The minimum atomic E-state index is -0.0459. The SMILES string of the molecule is O=C(CN1CCN(CCO)CC1)Nc1ccc(Br)cn1. The Kier molecular flexibility index (Phi) is 5.90. The van der Waals surface area contributed by atoms with Gasteiger partial charge in [-0.2, -0.15) is 0 Å². The Morgan fingerprint density at radius 2 is 2.00 bits per heavy atom. The quantitative estimate of drug-likeness (QED) is 0.810. The van der Waals surface area contributed by atoms with Crippen LogP contribution in [0.4, 0.5) is 5.82 Å². The number of aliphatic hydroxyl groups is 1. The zero-order valence-electron chi connectivity index (χ0n) is 11.3. The van der Waals surface area contributed by atoms with Crippen molar-refractivity contribution in [2.24, 2.45) is 0 Å². The lowest BCUT2D eigenvalue weighted by Crippen LogP contribution is -2.49. The van der Waals surface area contributed by atoms with Crippen LogP contribution in [-0.2, 0) is 4.79 Å². The number of pyridine rings is 1. The molecule has 1 aromatic rings. The molecular formula is C13H19BrN4O2. The summed E-state index contributed by atoms with van der Waals surface area (Å²) >= 11 is 3.30. The number of anilines is 1. The third-order valence-corrected chi connectivity index (χ3v) is 3.71. The number of halogens is 1. The molecule has 0 bridgehead atoms. The van der Waals surface area contributed by atoms with Crippen molar-refractivity contribution in [2.45, 2.75) is 0 Å². The first kappa shape index (κ1) is 15.4. The molecule has 110 valence electrons. The van der Waals surface area contributed by atoms with Crippen LogP contribution in [0, 0.1) is 0 Å². The molecule has 0 radical (unpaired) electrons. The number of nitrogens with one attached hydrogen (secondary N) is 1. The normalized spacial score (nSPS) is 17.1. The van der Waals surface area contributed by atoms with E-state index in [1.165, 1.54) is 0 Å². The van der Waals surface area contributed by atoms with Crippen molar-refractivity contribution in [1.82, 2.24) is 14.8 Å². The standard InChI is InChI=1S/C13H19BrN4O2/c14-11-1-2-12(15-9-11)16-13(20)10-18-5-3-17(4-6-18)7-8-19/h1-2,9,19H,3-8,10H2,(H,15,16,20). The van der Waals surface area contributed by atoms with Crippen molar-refractivity contribution < 1.29 is 9.90 Å². The van der Waals surface area contributed by atoms with Gasteiger partial charge >= 0.3 is 0 Å². The Labute approximate surface area is 126 Å². The Morgan fingerprint density at radius 1 is 1.30 bits per heavy atom. The highest BCUT2D eigenvalue weighted by molar-refractivity contribution is 9.10. The average Bonchev–Trinajstić information content (AvgIpc) is 2.44. The highest BCUT2D eigenvalue weighted by atomic mass is 79.9. The number of nitrogens with zero attached hydrogens (tertiary/aromatic N) is 3. The molecule has 1 amide bonds. The number of carbonyl (C=O) groups is 1. The first-order valence-electron chi connectivity index (χ1n) is 6.64. The van der Waals surface area contributed by atoms with E-state index in [-0.39, 0.29) is 12.5 Å². The van der Waals surface area contributed by atoms with Gasteiger partial charge in [-0.15, -0.1) is 0 Å². The number of hydrogen-bond donors (Lipinski definition) is 2. The summed E-state index contributed by atoms with van der Waals surface area (Å²) in [4.78, 5) is 20.3. The molecule has 1 aliphatic rings. The maximum absolute atomic E-state index is 11.9. The van der Waals surface area contributed by atoms with Crippen molar-refractivity contribution >= 4 is 27.7 Å². The predicted molar refractivity (Wildman–Crippen MR) is 80.5 cm³/mol. The van der Waals surface area contributed by atoms with Crippen LogP contribution in [-0.4, -0.2) is 71.7 Å². The number of β-amino-alcohol motifs (C(OH)–C–C–N with tert-alkyl or cyclic N) is 1. The maximum atomic E-state index is 11.9. The Hall–Kier alpha value is -1.02. The number of rotatable bonds is 5. The zero-order valence-corrected chi connectivity index (χ0v) is 12.8. The van der Waals surface area contributed by atoms with Crippen molar-refractivity contribution in [2.75, 3.05) is 51.2 Å². The van der Waals surface area contributed by atoms with Gasteiger partial charge in [-0.25, -0.2) is 4.98 Å². The predicted octanol–water partition coefficient (Wildman–Crippen LogP) is 0.393. The Bertz CT molecular complexity index is 433. The van der Waals surface area contributed by atoms with E-state index in [1.54, 1.807) is 12.3 Å². The summed E-state index contributed by atoms with van der Waals surface area (Å²) in [6.07, 6.45) is 1.66. The molecule has 0 aliphatic carbocycles. The molecule has 1 saturated heterocycles. The molecule has 0 aromatic carbocycles. The molecule has 0 atom stereocenters. The van der Waals surface area contributed by atoms with E-state index >= 15 is 0 Å². The topological polar surface area (TPSA) is 68.7 Å². The van der Waals surface area contributed by atoms with Crippen molar-refractivity contribution in [3.8, 4) is 0 Å². The molecule has 6 nitrogen and oxygen atoms in total. The number of carbonyl (C=O) groups excluding carboxylic acids is 1. The molecule has 1 fully saturated rings. The lowest BCUT2D eigenvalue weighted by atomic mass is 10.3. The average molecular weight is 343 g/mol. The second-order valence-corrected chi connectivity index (χ2v) is 5.67. The summed E-state index contributed by atoms with van der Waals surface area (Å²) < 4.78 is 0.885. The van der Waals surface area contributed by atoms with E-state index in [0.717, 1.165) is 30.7 Å². The molecule has 2 N–H and O–H groups in total. The summed E-state index contributed by atoms with van der Waals surface area (Å²) in [5.41, 5.74) is 0. The largest absolute Gasteiger partial charge is 0.395 e. The van der Waals surface area contributed by atoms with Crippen LogP contribution in [0.3, 0.4) is 0 Å². The maximum Gasteiger partial charge on any atom is 0.239 e. The van der Waals surface area contributed by atoms with Gasteiger partial charge in [0.05, 0.1) is 13.2 Å². The highest BCUT2D eigenvalue weighted by Crippen LogP contribution is 2.10. The zero-order chi connectivity index (χ0) is 14.4. The summed E-state index contributed by atoms with van der Waals surface area (Å²) in [6, 6.07) is 3.61. The monoisotopic (exact) mass is 342 g/mol. The van der Waals surface area contributed by atoms with Crippen LogP contribution in [0.1, 0.15) is 0 Å². The Balaban J connectivity index is 1.74. The van der Waals surface area contributed by atoms with Crippen LogP contribution in [0.15, 0.2) is 22.8 Å². The van der Waals surface area contributed by atoms with E-state index in [1.807, 2.05) is 6.07 Å². The summed E-state index contributed by atoms with van der Waals surface area (Å²) in [6.45, 7) is 4.76. The van der Waals surface area contributed by atoms with E-state index in [2.05, 4.69) is 36.0 Å². The molecule has 0 unspecified atom stereocenters. The van der Waals surface area contributed by atoms with Gasteiger partial charge in [0.2, 0.25) is 5.91 Å².